The number of carbonyl (C=O) groups is 2. The molecular formula is C5H5FeNO4. The molecule has 0 fully saturated rings. The Kier molecular flexibility index (Phi) is 17.1. The van der Waals surface area contributed by atoms with E-state index in [2.05, 4.69) is 6.57 Å². The Labute approximate surface area is 73.4 Å². The zero-order chi connectivity index (χ0) is 8.57. The van der Waals surface area contributed by atoms with Crippen molar-refractivity contribution in [1.29, 1.82) is 5.26 Å². The molecule has 62 valence electrons. The average molecular weight is 199 g/mol. The minimum absolute atomic E-state index is 0. The Morgan fingerprint density at radius 1 is 1.09 bits per heavy atom. The third-order valence-corrected chi connectivity index (χ3v) is 0.368. The van der Waals surface area contributed by atoms with E-state index in [0.29, 0.717) is 12.2 Å². The van der Waals surface area contributed by atoms with Gasteiger partial charge in [0, 0.05) is 35.8 Å². The quantitative estimate of drug-likeness (QED) is 0.475. The molecule has 0 aliphatic carbocycles. The molecule has 0 saturated carbocycles. The Morgan fingerprint density at radius 2 is 1.27 bits per heavy atom. The summed E-state index contributed by atoms with van der Waals surface area (Å²) in [5.74, 6) is -2.51. The van der Waals surface area contributed by atoms with E-state index < -0.39 is 11.9 Å². The van der Waals surface area contributed by atoms with Crippen molar-refractivity contribution in [2.45, 2.75) is 0 Å². The van der Waals surface area contributed by atoms with Gasteiger partial charge in [-0.3, -0.25) is 0 Å². The van der Waals surface area contributed by atoms with Gasteiger partial charge in [0.2, 0.25) is 0 Å². The predicted octanol–water partition coefficient (Wildman–Crippen LogP) is -0.151. The van der Waals surface area contributed by atoms with Gasteiger partial charge < -0.3 is 10.2 Å². The van der Waals surface area contributed by atoms with Gasteiger partial charge in [0.25, 0.3) is 0 Å². The zero-order valence-corrected chi connectivity index (χ0v) is 6.35. The summed E-state index contributed by atoms with van der Waals surface area (Å²) in [6, 6.07) is 0. The summed E-state index contributed by atoms with van der Waals surface area (Å²) in [4.78, 5) is 19.1. The van der Waals surface area contributed by atoms with Crippen LogP contribution in [0.3, 0.4) is 0 Å². The van der Waals surface area contributed by atoms with Crippen LogP contribution in [0.5, 0.6) is 0 Å². The number of nitriles is 1. The van der Waals surface area contributed by atoms with Gasteiger partial charge in [-0.05, 0) is 0 Å². The Bertz CT molecular complexity index is 159. The Hall–Kier alpha value is -1.31. The fourth-order valence-corrected chi connectivity index (χ4v) is 0.143. The van der Waals surface area contributed by atoms with Crippen molar-refractivity contribution in [3.05, 3.63) is 12.2 Å². The molecule has 6 heteroatoms. The molecule has 0 heterocycles. The smallest absolute Gasteiger partial charge is 0.328 e. The van der Waals surface area contributed by atoms with E-state index in [0.717, 1.165) is 0 Å². The molecule has 0 rings (SSSR count). The molecule has 0 unspecified atom stereocenters. The molecule has 0 amide bonds. The van der Waals surface area contributed by atoms with Crippen LogP contribution in [0.4, 0.5) is 0 Å². The van der Waals surface area contributed by atoms with Gasteiger partial charge in [0.05, 0.1) is 0 Å². The second kappa shape index (κ2) is 11.5. The van der Waals surface area contributed by atoms with Crippen LogP contribution in [0, 0.1) is 11.8 Å². The molecule has 2 N–H and O–H groups in total. The van der Waals surface area contributed by atoms with Crippen LogP contribution in [0.15, 0.2) is 12.2 Å². The molecule has 0 aromatic rings. The topological polar surface area (TPSA) is 98.4 Å². The molecule has 0 aromatic heterocycles. The summed E-state index contributed by atoms with van der Waals surface area (Å²) in [5.41, 5.74) is 0. The number of rotatable bonds is 2. The van der Waals surface area contributed by atoms with Crippen LogP contribution in [0.25, 0.3) is 0 Å². The number of hydrogen-bond acceptors (Lipinski definition) is 3. The maximum absolute atomic E-state index is 9.55. The molecule has 0 aromatic carbocycles. The van der Waals surface area contributed by atoms with Gasteiger partial charge in [0.15, 0.2) is 0 Å². The summed E-state index contributed by atoms with van der Waals surface area (Å²) in [6.45, 7) is 3.50. The first-order chi connectivity index (χ1) is 4.63. The van der Waals surface area contributed by atoms with Crippen molar-refractivity contribution >= 4 is 11.9 Å². The van der Waals surface area contributed by atoms with E-state index >= 15 is 0 Å². The van der Waals surface area contributed by atoms with Crippen molar-refractivity contribution in [3.63, 3.8) is 0 Å². The SMILES string of the molecule is C#N.O=C(O)/C=C/C(=O)O.[Fe]. The molecule has 0 atom stereocenters. The summed E-state index contributed by atoms with van der Waals surface area (Å²) in [6.07, 6.45) is 1.12. The van der Waals surface area contributed by atoms with Crippen molar-refractivity contribution in [2.24, 2.45) is 0 Å². The van der Waals surface area contributed by atoms with Crippen molar-refractivity contribution in [3.8, 4) is 6.57 Å². The van der Waals surface area contributed by atoms with E-state index in [4.69, 9.17) is 15.5 Å². The van der Waals surface area contributed by atoms with E-state index in [1.54, 1.807) is 0 Å². The monoisotopic (exact) mass is 199 g/mol. The molecule has 0 aliphatic heterocycles. The first kappa shape index (κ1) is 16.3. The van der Waals surface area contributed by atoms with E-state index in [1.807, 2.05) is 0 Å². The van der Waals surface area contributed by atoms with Crippen molar-refractivity contribution < 1.29 is 36.9 Å². The fourth-order valence-electron chi connectivity index (χ4n) is 0.143. The van der Waals surface area contributed by atoms with Crippen molar-refractivity contribution in [1.82, 2.24) is 0 Å². The van der Waals surface area contributed by atoms with Crippen LogP contribution in [0.1, 0.15) is 0 Å². The van der Waals surface area contributed by atoms with Gasteiger partial charge in [-0.1, -0.05) is 0 Å². The van der Waals surface area contributed by atoms with E-state index in [9.17, 15) is 9.59 Å². The van der Waals surface area contributed by atoms with Crippen LogP contribution >= 0.6 is 0 Å². The van der Waals surface area contributed by atoms with Gasteiger partial charge in [-0.15, -0.1) is 0 Å². The normalized spacial score (nSPS) is 7.09. The molecule has 0 radical (unpaired) electrons. The fraction of sp³-hybridized carbons (Fsp3) is 0. The molecular weight excluding hydrogens is 194 g/mol. The number of carboxylic acid groups (broad SMARTS) is 2. The van der Waals surface area contributed by atoms with Crippen LogP contribution in [-0.2, 0) is 26.7 Å². The second-order valence-corrected chi connectivity index (χ2v) is 1.01. The largest absolute Gasteiger partial charge is 0.478 e. The second-order valence-electron chi connectivity index (χ2n) is 1.01. The maximum Gasteiger partial charge on any atom is 0.328 e. The summed E-state index contributed by atoms with van der Waals surface area (Å²) in [7, 11) is 0. The van der Waals surface area contributed by atoms with Crippen LogP contribution in [0.2, 0.25) is 0 Å². The molecule has 5 nitrogen and oxygen atoms in total. The van der Waals surface area contributed by atoms with E-state index in [-0.39, 0.29) is 17.1 Å². The van der Waals surface area contributed by atoms with Crippen LogP contribution < -0.4 is 0 Å². The molecule has 0 aliphatic rings. The average Bonchev–Trinajstić information content (AvgIpc) is 1.89. The first-order valence-electron chi connectivity index (χ1n) is 2.02. The first-order valence-corrected chi connectivity index (χ1v) is 2.02. The standard InChI is InChI=1S/C4H4O4.CHN.Fe/c5-3(6)1-2-4(7)8;1-2;/h1-2H,(H,5,6)(H,7,8);1H;/b2-1+;;. The predicted molar refractivity (Wildman–Crippen MR) is 31.1 cm³/mol. The summed E-state index contributed by atoms with van der Waals surface area (Å²) in [5, 5.41) is 22.1. The van der Waals surface area contributed by atoms with Gasteiger partial charge in [-0.2, -0.15) is 0 Å². The Balaban J connectivity index is -0.000000196. The van der Waals surface area contributed by atoms with Crippen LogP contribution in [-0.4, -0.2) is 22.2 Å². The molecule has 0 saturated heterocycles. The number of nitrogens with zero attached hydrogens (tertiary/aromatic N) is 1. The van der Waals surface area contributed by atoms with Gasteiger partial charge >= 0.3 is 11.9 Å². The third kappa shape index (κ3) is 28.6. The third-order valence-electron chi connectivity index (χ3n) is 0.368. The molecule has 0 bridgehead atoms. The molecule has 0 spiro atoms. The van der Waals surface area contributed by atoms with Gasteiger partial charge in [-0.25, -0.2) is 14.9 Å². The maximum atomic E-state index is 9.55. The summed E-state index contributed by atoms with van der Waals surface area (Å²) < 4.78 is 0. The number of aliphatic carboxylic acids is 2. The van der Waals surface area contributed by atoms with Crippen molar-refractivity contribution in [2.75, 3.05) is 0 Å². The summed E-state index contributed by atoms with van der Waals surface area (Å²) >= 11 is 0. The zero-order valence-electron chi connectivity index (χ0n) is 5.24. The molecule has 11 heavy (non-hydrogen) atoms. The minimum atomic E-state index is -1.26. The number of hydrogen-bond donors (Lipinski definition) is 2. The minimum Gasteiger partial charge on any atom is -0.478 e. The van der Waals surface area contributed by atoms with E-state index in [1.165, 1.54) is 0 Å². The van der Waals surface area contributed by atoms with Gasteiger partial charge in [0.1, 0.15) is 0 Å². The Morgan fingerprint density at radius 3 is 1.36 bits per heavy atom. The number of carboxylic acids is 2.